The first kappa shape index (κ1) is 19.7. The standard InChI is InChI=1S/C22H27N3O/c1-15(2)13-18-9-11-19(12-10-18)16(3)24-17(4)22(26)25-21-8-6-5-7-20(21)14-23/h5-12,15-17,24H,13H2,1-4H3,(H,25,26)/t16-,17+/m1/s1. The summed E-state index contributed by atoms with van der Waals surface area (Å²) in [6.45, 7) is 8.30. The van der Waals surface area contributed by atoms with Gasteiger partial charge in [0, 0.05) is 6.04 Å². The fourth-order valence-corrected chi connectivity index (χ4v) is 2.89. The maximum Gasteiger partial charge on any atom is 0.241 e. The zero-order chi connectivity index (χ0) is 19.1. The molecule has 1 amide bonds. The normalized spacial score (nSPS) is 13.1. The first-order valence-electron chi connectivity index (χ1n) is 9.05. The molecule has 2 aromatic rings. The second-order valence-corrected chi connectivity index (χ2v) is 7.10. The number of carbonyl (C=O) groups excluding carboxylic acids is 1. The molecule has 0 unspecified atom stereocenters. The molecule has 0 aliphatic rings. The van der Waals surface area contributed by atoms with Crippen LogP contribution in [0.15, 0.2) is 48.5 Å². The number of benzene rings is 2. The van der Waals surface area contributed by atoms with Crippen LogP contribution in [0.3, 0.4) is 0 Å². The average Bonchev–Trinajstić information content (AvgIpc) is 2.62. The molecule has 0 aromatic heterocycles. The smallest absolute Gasteiger partial charge is 0.241 e. The minimum Gasteiger partial charge on any atom is -0.324 e. The fraction of sp³-hybridized carbons (Fsp3) is 0.364. The highest BCUT2D eigenvalue weighted by Gasteiger charge is 2.17. The third-order valence-corrected chi connectivity index (χ3v) is 4.32. The molecule has 0 saturated carbocycles. The number of nitriles is 1. The molecule has 0 bridgehead atoms. The molecule has 26 heavy (non-hydrogen) atoms. The second-order valence-electron chi connectivity index (χ2n) is 7.10. The van der Waals surface area contributed by atoms with Crippen LogP contribution in [-0.4, -0.2) is 11.9 Å². The highest BCUT2D eigenvalue weighted by molar-refractivity contribution is 5.95. The van der Waals surface area contributed by atoms with Crippen molar-refractivity contribution in [2.45, 2.75) is 46.2 Å². The second kappa shape index (κ2) is 9.17. The van der Waals surface area contributed by atoms with Crippen molar-refractivity contribution >= 4 is 11.6 Å². The highest BCUT2D eigenvalue weighted by atomic mass is 16.2. The van der Waals surface area contributed by atoms with Gasteiger partial charge in [0.1, 0.15) is 6.07 Å². The van der Waals surface area contributed by atoms with Gasteiger partial charge in [0.25, 0.3) is 0 Å². The third-order valence-electron chi connectivity index (χ3n) is 4.32. The molecule has 2 atom stereocenters. The minimum atomic E-state index is -0.382. The summed E-state index contributed by atoms with van der Waals surface area (Å²) < 4.78 is 0. The van der Waals surface area contributed by atoms with Crippen LogP contribution in [0.25, 0.3) is 0 Å². The molecule has 0 aliphatic heterocycles. The minimum absolute atomic E-state index is 0.0510. The van der Waals surface area contributed by atoms with Crippen LogP contribution in [0.5, 0.6) is 0 Å². The van der Waals surface area contributed by atoms with E-state index in [1.165, 1.54) is 5.56 Å². The van der Waals surface area contributed by atoms with Gasteiger partial charge in [0.05, 0.1) is 17.3 Å². The zero-order valence-corrected chi connectivity index (χ0v) is 15.9. The maximum absolute atomic E-state index is 12.4. The lowest BCUT2D eigenvalue weighted by atomic mass is 9.99. The Balaban J connectivity index is 1.96. The number of nitrogens with zero attached hydrogens (tertiary/aromatic N) is 1. The average molecular weight is 349 g/mol. The number of hydrogen-bond acceptors (Lipinski definition) is 3. The molecular formula is C22H27N3O. The summed E-state index contributed by atoms with van der Waals surface area (Å²) in [6, 6.07) is 17.3. The Labute approximate surface area is 156 Å². The van der Waals surface area contributed by atoms with E-state index in [9.17, 15) is 4.79 Å². The van der Waals surface area contributed by atoms with Gasteiger partial charge in [0.2, 0.25) is 5.91 Å². The summed E-state index contributed by atoms with van der Waals surface area (Å²) in [5.74, 6) is 0.479. The van der Waals surface area contributed by atoms with Crippen molar-refractivity contribution in [3.05, 3.63) is 65.2 Å². The molecule has 4 heteroatoms. The van der Waals surface area contributed by atoms with Crippen molar-refractivity contribution in [1.82, 2.24) is 5.32 Å². The van der Waals surface area contributed by atoms with Crippen molar-refractivity contribution in [2.75, 3.05) is 5.32 Å². The molecular weight excluding hydrogens is 322 g/mol. The van der Waals surface area contributed by atoms with E-state index >= 15 is 0 Å². The summed E-state index contributed by atoms with van der Waals surface area (Å²) in [5.41, 5.74) is 3.48. The number of carbonyl (C=O) groups is 1. The zero-order valence-electron chi connectivity index (χ0n) is 15.9. The van der Waals surface area contributed by atoms with Gasteiger partial charge in [-0.25, -0.2) is 0 Å². The Morgan fingerprint density at radius 3 is 2.31 bits per heavy atom. The van der Waals surface area contributed by atoms with Gasteiger partial charge in [0.15, 0.2) is 0 Å². The summed E-state index contributed by atoms with van der Waals surface area (Å²) in [7, 11) is 0. The van der Waals surface area contributed by atoms with Crippen molar-refractivity contribution in [1.29, 1.82) is 5.26 Å². The predicted molar refractivity (Wildman–Crippen MR) is 106 cm³/mol. The number of rotatable bonds is 7. The molecule has 2 aromatic carbocycles. The summed E-state index contributed by atoms with van der Waals surface area (Å²) in [5, 5.41) is 15.3. The van der Waals surface area contributed by atoms with Crippen LogP contribution in [0.4, 0.5) is 5.69 Å². The fourth-order valence-electron chi connectivity index (χ4n) is 2.89. The Morgan fingerprint density at radius 2 is 1.69 bits per heavy atom. The van der Waals surface area contributed by atoms with Crippen molar-refractivity contribution < 1.29 is 4.79 Å². The van der Waals surface area contributed by atoms with Crippen LogP contribution < -0.4 is 10.6 Å². The van der Waals surface area contributed by atoms with E-state index in [2.05, 4.69) is 54.8 Å². The van der Waals surface area contributed by atoms with E-state index in [1.54, 1.807) is 24.3 Å². The monoisotopic (exact) mass is 349 g/mol. The maximum atomic E-state index is 12.4. The number of para-hydroxylation sites is 1. The van der Waals surface area contributed by atoms with E-state index in [4.69, 9.17) is 5.26 Å². The molecule has 0 saturated heterocycles. The Hall–Kier alpha value is -2.64. The predicted octanol–water partition coefficient (Wildman–Crippen LogP) is 4.43. The quantitative estimate of drug-likeness (QED) is 0.777. The number of hydrogen-bond donors (Lipinski definition) is 2. The molecule has 0 spiro atoms. The first-order valence-corrected chi connectivity index (χ1v) is 9.05. The number of anilines is 1. The molecule has 0 heterocycles. The van der Waals surface area contributed by atoms with Crippen LogP contribution in [0.1, 0.15) is 50.4 Å². The Kier molecular flexibility index (Phi) is 6.94. The lowest BCUT2D eigenvalue weighted by Crippen LogP contribution is -2.39. The molecule has 2 N–H and O–H groups in total. The van der Waals surface area contributed by atoms with Gasteiger partial charge < -0.3 is 5.32 Å². The first-order chi connectivity index (χ1) is 12.4. The number of nitrogens with one attached hydrogen (secondary N) is 2. The molecule has 136 valence electrons. The van der Waals surface area contributed by atoms with E-state index in [1.807, 2.05) is 13.8 Å². The van der Waals surface area contributed by atoms with E-state index < -0.39 is 0 Å². The molecule has 0 aliphatic carbocycles. The lowest BCUT2D eigenvalue weighted by Gasteiger charge is -2.20. The molecule has 2 rings (SSSR count). The van der Waals surface area contributed by atoms with Crippen molar-refractivity contribution in [2.24, 2.45) is 5.92 Å². The van der Waals surface area contributed by atoms with Crippen molar-refractivity contribution in [3.63, 3.8) is 0 Å². The lowest BCUT2D eigenvalue weighted by molar-refractivity contribution is -0.117. The Bertz CT molecular complexity index is 775. The van der Waals surface area contributed by atoms with Gasteiger partial charge in [-0.3, -0.25) is 10.1 Å². The van der Waals surface area contributed by atoms with E-state index in [0.717, 1.165) is 12.0 Å². The van der Waals surface area contributed by atoms with Crippen molar-refractivity contribution in [3.8, 4) is 6.07 Å². The molecule has 0 fully saturated rings. The summed E-state index contributed by atoms with van der Waals surface area (Å²) in [6.07, 6.45) is 1.07. The topological polar surface area (TPSA) is 64.9 Å². The van der Waals surface area contributed by atoms with E-state index in [-0.39, 0.29) is 18.0 Å². The largest absolute Gasteiger partial charge is 0.324 e. The van der Waals surface area contributed by atoms with Crippen LogP contribution in [0.2, 0.25) is 0 Å². The van der Waals surface area contributed by atoms with Crippen LogP contribution >= 0.6 is 0 Å². The third kappa shape index (κ3) is 5.44. The van der Waals surface area contributed by atoms with Gasteiger partial charge >= 0.3 is 0 Å². The van der Waals surface area contributed by atoms with Crippen LogP contribution in [-0.2, 0) is 11.2 Å². The Morgan fingerprint density at radius 1 is 1.04 bits per heavy atom. The highest BCUT2D eigenvalue weighted by Crippen LogP contribution is 2.17. The van der Waals surface area contributed by atoms with E-state index in [0.29, 0.717) is 17.2 Å². The summed E-state index contributed by atoms with van der Waals surface area (Å²) >= 11 is 0. The van der Waals surface area contributed by atoms with Gasteiger partial charge in [-0.1, -0.05) is 50.2 Å². The summed E-state index contributed by atoms with van der Waals surface area (Å²) in [4.78, 5) is 12.4. The van der Waals surface area contributed by atoms with Crippen LogP contribution in [0, 0.1) is 17.2 Å². The molecule has 0 radical (unpaired) electrons. The number of amides is 1. The SMILES string of the molecule is CC(C)Cc1ccc([C@@H](C)N[C@@H](C)C(=O)Nc2ccccc2C#N)cc1. The van der Waals surface area contributed by atoms with Gasteiger partial charge in [-0.15, -0.1) is 0 Å². The molecule has 4 nitrogen and oxygen atoms in total. The van der Waals surface area contributed by atoms with Gasteiger partial charge in [-0.05, 0) is 49.4 Å². The van der Waals surface area contributed by atoms with Gasteiger partial charge in [-0.2, -0.15) is 5.26 Å².